The van der Waals surface area contributed by atoms with Crippen molar-refractivity contribution in [3.63, 3.8) is 0 Å². The molecule has 0 aliphatic rings. The number of rotatable bonds is 5. The molecule has 2 N–H and O–H groups in total. The van der Waals surface area contributed by atoms with Crippen LogP contribution in [0, 0.1) is 0 Å². The molecular formula is C15H17NO4. The fourth-order valence-electron chi connectivity index (χ4n) is 1.71. The van der Waals surface area contributed by atoms with Gasteiger partial charge in [0.05, 0.1) is 19.8 Å². The van der Waals surface area contributed by atoms with E-state index in [0.29, 0.717) is 17.4 Å². The standard InChI is InChI=1S/C15H17NO4/c1-10(18)12-4-6-15(16-8-12)20-13-5-3-11(9-17)7-14(13)19-2/h3-8,10,17-18H,9H2,1-2H3/t10-/m0/s1. The smallest absolute Gasteiger partial charge is 0.219 e. The molecule has 1 heterocycles. The van der Waals surface area contributed by atoms with Crippen LogP contribution in [0.1, 0.15) is 24.2 Å². The molecule has 0 fully saturated rings. The molecule has 1 atom stereocenters. The van der Waals surface area contributed by atoms with Gasteiger partial charge in [0.1, 0.15) is 0 Å². The van der Waals surface area contributed by atoms with Gasteiger partial charge in [0.2, 0.25) is 5.88 Å². The number of hydrogen-bond acceptors (Lipinski definition) is 5. The number of pyridine rings is 1. The molecule has 0 saturated carbocycles. The van der Waals surface area contributed by atoms with E-state index in [1.165, 1.54) is 7.11 Å². The zero-order valence-electron chi connectivity index (χ0n) is 11.4. The van der Waals surface area contributed by atoms with E-state index < -0.39 is 6.10 Å². The van der Waals surface area contributed by atoms with Gasteiger partial charge in [-0.05, 0) is 36.2 Å². The predicted molar refractivity (Wildman–Crippen MR) is 73.9 cm³/mol. The van der Waals surface area contributed by atoms with Crippen LogP contribution in [0.4, 0.5) is 0 Å². The van der Waals surface area contributed by atoms with Gasteiger partial charge in [-0.15, -0.1) is 0 Å². The third-order valence-corrected chi connectivity index (χ3v) is 2.87. The van der Waals surface area contributed by atoms with E-state index in [1.807, 2.05) is 0 Å². The summed E-state index contributed by atoms with van der Waals surface area (Å²) >= 11 is 0. The maximum absolute atomic E-state index is 9.42. The molecule has 106 valence electrons. The Bertz CT molecular complexity index is 567. The quantitative estimate of drug-likeness (QED) is 0.876. The van der Waals surface area contributed by atoms with Crippen molar-refractivity contribution in [1.82, 2.24) is 4.98 Å². The van der Waals surface area contributed by atoms with E-state index in [0.717, 1.165) is 11.1 Å². The molecule has 1 aromatic heterocycles. The summed E-state index contributed by atoms with van der Waals surface area (Å²) in [6, 6.07) is 8.61. The fourth-order valence-corrected chi connectivity index (χ4v) is 1.71. The molecule has 0 aliphatic heterocycles. The van der Waals surface area contributed by atoms with Gasteiger partial charge in [-0.2, -0.15) is 0 Å². The summed E-state index contributed by atoms with van der Waals surface area (Å²) in [5.74, 6) is 1.45. The number of aliphatic hydroxyl groups is 2. The van der Waals surface area contributed by atoms with Crippen molar-refractivity contribution in [2.75, 3.05) is 7.11 Å². The topological polar surface area (TPSA) is 71.8 Å². The average Bonchev–Trinajstić information content (AvgIpc) is 2.48. The molecule has 0 spiro atoms. The van der Waals surface area contributed by atoms with Crippen molar-refractivity contribution < 1.29 is 19.7 Å². The Balaban J connectivity index is 2.20. The summed E-state index contributed by atoms with van der Waals surface area (Å²) in [7, 11) is 1.54. The normalized spacial score (nSPS) is 12.0. The summed E-state index contributed by atoms with van der Waals surface area (Å²) < 4.78 is 10.9. The van der Waals surface area contributed by atoms with Gasteiger partial charge in [-0.3, -0.25) is 0 Å². The third-order valence-electron chi connectivity index (χ3n) is 2.87. The minimum atomic E-state index is -0.560. The number of hydrogen-bond donors (Lipinski definition) is 2. The van der Waals surface area contributed by atoms with Crippen LogP contribution in [0.15, 0.2) is 36.5 Å². The van der Waals surface area contributed by atoms with Gasteiger partial charge in [0.25, 0.3) is 0 Å². The fraction of sp³-hybridized carbons (Fsp3) is 0.267. The van der Waals surface area contributed by atoms with Crippen molar-refractivity contribution in [3.05, 3.63) is 47.7 Å². The van der Waals surface area contributed by atoms with E-state index in [2.05, 4.69) is 4.98 Å². The highest BCUT2D eigenvalue weighted by molar-refractivity contribution is 5.44. The van der Waals surface area contributed by atoms with E-state index >= 15 is 0 Å². The highest BCUT2D eigenvalue weighted by Gasteiger charge is 2.08. The molecule has 1 aromatic carbocycles. The Hall–Kier alpha value is -2.11. The van der Waals surface area contributed by atoms with Crippen LogP contribution in [0.2, 0.25) is 0 Å². The van der Waals surface area contributed by atoms with E-state index in [1.54, 1.807) is 43.5 Å². The van der Waals surface area contributed by atoms with Crippen LogP contribution in [0.3, 0.4) is 0 Å². The molecule has 0 unspecified atom stereocenters. The van der Waals surface area contributed by atoms with Crippen molar-refractivity contribution in [1.29, 1.82) is 0 Å². The first-order valence-electron chi connectivity index (χ1n) is 6.23. The molecule has 2 aromatic rings. The molecule has 0 amide bonds. The monoisotopic (exact) mass is 275 g/mol. The van der Waals surface area contributed by atoms with E-state index in [-0.39, 0.29) is 6.61 Å². The van der Waals surface area contributed by atoms with Gasteiger partial charge in [0, 0.05) is 12.3 Å². The lowest BCUT2D eigenvalue weighted by Gasteiger charge is -2.11. The second-order valence-corrected chi connectivity index (χ2v) is 4.35. The Kier molecular flexibility index (Phi) is 4.55. The highest BCUT2D eigenvalue weighted by atomic mass is 16.5. The molecule has 2 rings (SSSR count). The van der Waals surface area contributed by atoms with Gasteiger partial charge in [-0.25, -0.2) is 4.98 Å². The molecule has 5 nitrogen and oxygen atoms in total. The lowest BCUT2D eigenvalue weighted by Crippen LogP contribution is -1.96. The predicted octanol–water partition coefficient (Wildman–Crippen LogP) is 2.43. The van der Waals surface area contributed by atoms with Crippen LogP contribution in [-0.4, -0.2) is 22.3 Å². The third kappa shape index (κ3) is 3.26. The Labute approximate surface area is 117 Å². The SMILES string of the molecule is COc1cc(CO)ccc1Oc1ccc([C@H](C)O)cn1. The maximum atomic E-state index is 9.42. The van der Waals surface area contributed by atoms with Gasteiger partial charge >= 0.3 is 0 Å². The zero-order valence-corrected chi connectivity index (χ0v) is 11.4. The molecular weight excluding hydrogens is 258 g/mol. The Morgan fingerprint density at radius 2 is 2.00 bits per heavy atom. The Morgan fingerprint density at radius 3 is 2.55 bits per heavy atom. The van der Waals surface area contributed by atoms with Gasteiger partial charge in [0.15, 0.2) is 11.5 Å². The second-order valence-electron chi connectivity index (χ2n) is 4.35. The summed E-state index contributed by atoms with van der Waals surface area (Å²) in [5.41, 5.74) is 1.46. The molecule has 0 aliphatic carbocycles. The van der Waals surface area contributed by atoms with Crippen molar-refractivity contribution in [2.45, 2.75) is 19.6 Å². The first-order valence-corrected chi connectivity index (χ1v) is 6.23. The number of benzene rings is 1. The first-order chi connectivity index (χ1) is 9.63. The molecule has 0 saturated heterocycles. The minimum Gasteiger partial charge on any atom is -0.493 e. The number of aliphatic hydroxyl groups excluding tert-OH is 2. The van der Waals surface area contributed by atoms with Crippen LogP contribution in [0.5, 0.6) is 17.4 Å². The summed E-state index contributed by atoms with van der Waals surface area (Å²) in [6.45, 7) is 1.62. The van der Waals surface area contributed by atoms with Crippen LogP contribution < -0.4 is 9.47 Å². The lowest BCUT2D eigenvalue weighted by molar-refractivity contribution is 0.198. The molecule has 5 heteroatoms. The van der Waals surface area contributed by atoms with Crippen LogP contribution in [0.25, 0.3) is 0 Å². The highest BCUT2D eigenvalue weighted by Crippen LogP contribution is 2.31. The minimum absolute atomic E-state index is 0.0576. The number of nitrogens with zero attached hydrogens (tertiary/aromatic N) is 1. The maximum Gasteiger partial charge on any atom is 0.219 e. The number of ether oxygens (including phenoxy) is 2. The van der Waals surface area contributed by atoms with Crippen LogP contribution in [-0.2, 0) is 6.61 Å². The van der Waals surface area contributed by atoms with Gasteiger partial charge < -0.3 is 19.7 Å². The van der Waals surface area contributed by atoms with Crippen LogP contribution >= 0.6 is 0 Å². The average molecular weight is 275 g/mol. The summed E-state index contributed by atoms with van der Waals surface area (Å²) in [4.78, 5) is 4.13. The van der Waals surface area contributed by atoms with Crippen molar-refractivity contribution in [3.8, 4) is 17.4 Å². The second kappa shape index (κ2) is 6.36. The Morgan fingerprint density at radius 1 is 1.20 bits per heavy atom. The zero-order chi connectivity index (χ0) is 14.5. The van der Waals surface area contributed by atoms with Crippen molar-refractivity contribution >= 4 is 0 Å². The number of aromatic nitrogens is 1. The molecule has 20 heavy (non-hydrogen) atoms. The summed E-state index contributed by atoms with van der Waals surface area (Å²) in [6.07, 6.45) is 1.00. The van der Waals surface area contributed by atoms with Gasteiger partial charge in [-0.1, -0.05) is 6.07 Å². The summed E-state index contributed by atoms with van der Waals surface area (Å²) in [5, 5.41) is 18.5. The lowest BCUT2D eigenvalue weighted by atomic mass is 10.2. The first kappa shape index (κ1) is 14.3. The molecule has 0 bridgehead atoms. The van der Waals surface area contributed by atoms with E-state index in [4.69, 9.17) is 14.6 Å². The van der Waals surface area contributed by atoms with Crippen molar-refractivity contribution in [2.24, 2.45) is 0 Å². The largest absolute Gasteiger partial charge is 0.493 e. The number of methoxy groups -OCH3 is 1. The molecule has 0 radical (unpaired) electrons. The van der Waals surface area contributed by atoms with E-state index in [9.17, 15) is 5.11 Å².